The maximum atomic E-state index is 11.1. The summed E-state index contributed by atoms with van der Waals surface area (Å²) in [6, 6.07) is 2.05. The zero-order valence-corrected chi connectivity index (χ0v) is 8.85. The fourth-order valence-corrected chi connectivity index (χ4v) is 1.96. The van der Waals surface area contributed by atoms with E-state index >= 15 is 0 Å². The number of hydrogen-bond donors (Lipinski definition) is 0. The highest BCUT2D eigenvalue weighted by molar-refractivity contribution is 7.10. The standard InChI is InChI=1S/C9H13NO2S/c1-7-4-5-13-8(7)6-10(2)9(11)12-3/h4-5H,6H2,1-3H3. The average Bonchev–Trinajstić information content (AvgIpc) is 2.50. The summed E-state index contributed by atoms with van der Waals surface area (Å²) in [4.78, 5) is 13.8. The summed E-state index contributed by atoms with van der Waals surface area (Å²) in [5.74, 6) is 0. The Morgan fingerprint density at radius 2 is 2.38 bits per heavy atom. The molecule has 13 heavy (non-hydrogen) atoms. The molecule has 0 atom stereocenters. The Balaban J connectivity index is 2.59. The largest absolute Gasteiger partial charge is 0.453 e. The second-order valence-electron chi connectivity index (χ2n) is 2.85. The number of nitrogens with zero attached hydrogens (tertiary/aromatic N) is 1. The van der Waals surface area contributed by atoms with E-state index in [0.29, 0.717) is 6.54 Å². The molecule has 72 valence electrons. The summed E-state index contributed by atoms with van der Waals surface area (Å²) in [6.45, 7) is 2.66. The van der Waals surface area contributed by atoms with Gasteiger partial charge in [-0.15, -0.1) is 11.3 Å². The minimum atomic E-state index is -0.298. The Morgan fingerprint density at radius 3 is 2.85 bits per heavy atom. The van der Waals surface area contributed by atoms with Crippen molar-refractivity contribution in [3.8, 4) is 0 Å². The van der Waals surface area contributed by atoms with E-state index in [1.807, 2.05) is 18.4 Å². The third-order valence-electron chi connectivity index (χ3n) is 1.84. The van der Waals surface area contributed by atoms with E-state index in [-0.39, 0.29) is 6.09 Å². The van der Waals surface area contributed by atoms with Gasteiger partial charge in [0.25, 0.3) is 0 Å². The van der Waals surface area contributed by atoms with Gasteiger partial charge in [-0.05, 0) is 23.9 Å². The molecule has 3 nitrogen and oxygen atoms in total. The SMILES string of the molecule is COC(=O)N(C)Cc1sccc1C. The van der Waals surface area contributed by atoms with Crippen molar-refractivity contribution < 1.29 is 9.53 Å². The van der Waals surface area contributed by atoms with Gasteiger partial charge in [0.2, 0.25) is 0 Å². The molecule has 0 spiro atoms. The molecule has 0 aliphatic carbocycles. The summed E-state index contributed by atoms with van der Waals surface area (Å²) in [6.07, 6.45) is -0.298. The molecule has 0 N–H and O–H groups in total. The summed E-state index contributed by atoms with van der Waals surface area (Å²) in [5.41, 5.74) is 1.22. The molecule has 1 rings (SSSR count). The van der Waals surface area contributed by atoms with Crippen LogP contribution in [0.5, 0.6) is 0 Å². The zero-order chi connectivity index (χ0) is 9.84. The van der Waals surface area contributed by atoms with Crippen LogP contribution in [0.3, 0.4) is 0 Å². The smallest absolute Gasteiger partial charge is 0.409 e. The number of thiophene rings is 1. The molecule has 1 aromatic rings. The van der Waals surface area contributed by atoms with Gasteiger partial charge in [0.15, 0.2) is 0 Å². The summed E-state index contributed by atoms with van der Waals surface area (Å²) in [5, 5.41) is 2.02. The number of rotatable bonds is 2. The van der Waals surface area contributed by atoms with Crippen LogP contribution >= 0.6 is 11.3 Å². The maximum absolute atomic E-state index is 11.1. The first-order valence-corrected chi connectivity index (χ1v) is 4.85. The highest BCUT2D eigenvalue weighted by Gasteiger charge is 2.10. The van der Waals surface area contributed by atoms with Gasteiger partial charge in [-0.25, -0.2) is 4.79 Å². The average molecular weight is 199 g/mol. The Bertz CT molecular complexity index is 296. The van der Waals surface area contributed by atoms with Crippen LogP contribution < -0.4 is 0 Å². The second kappa shape index (κ2) is 4.28. The van der Waals surface area contributed by atoms with Crippen molar-refractivity contribution in [2.24, 2.45) is 0 Å². The van der Waals surface area contributed by atoms with Crippen LogP contribution in [0.1, 0.15) is 10.4 Å². The molecular formula is C9H13NO2S. The molecule has 0 fully saturated rings. The number of hydrogen-bond acceptors (Lipinski definition) is 3. The maximum Gasteiger partial charge on any atom is 0.409 e. The van der Waals surface area contributed by atoms with Gasteiger partial charge in [0, 0.05) is 11.9 Å². The van der Waals surface area contributed by atoms with Gasteiger partial charge in [-0.1, -0.05) is 0 Å². The van der Waals surface area contributed by atoms with Crippen molar-refractivity contribution in [1.29, 1.82) is 0 Å². The van der Waals surface area contributed by atoms with E-state index in [9.17, 15) is 4.79 Å². The lowest BCUT2D eigenvalue weighted by Gasteiger charge is -2.14. The molecule has 0 aromatic carbocycles. The van der Waals surface area contributed by atoms with Gasteiger partial charge < -0.3 is 9.64 Å². The highest BCUT2D eigenvalue weighted by Crippen LogP contribution is 2.17. The van der Waals surface area contributed by atoms with Crippen molar-refractivity contribution in [1.82, 2.24) is 4.90 Å². The Hall–Kier alpha value is -1.03. The first-order chi connectivity index (χ1) is 6.15. The summed E-state index contributed by atoms with van der Waals surface area (Å²) >= 11 is 1.66. The first-order valence-electron chi connectivity index (χ1n) is 3.97. The minimum Gasteiger partial charge on any atom is -0.453 e. The molecule has 1 aromatic heterocycles. The van der Waals surface area contributed by atoms with Gasteiger partial charge >= 0.3 is 6.09 Å². The van der Waals surface area contributed by atoms with Crippen molar-refractivity contribution in [3.63, 3.8) is 0 Å². The van der Waals surface area contributed by atoms with E-state index < -0.39 is 0 Å². The molecule has 4 heteroatoms. The lowest BCUT2D eigenvalue weighted by molar-refractivity contribution is 0.131. The predicted molar refractivity (Wildman–Crippen MR) is 52.9 cm³/mol. The predicted octanol–water partition coefficient (Wildman–Crippen LogP) is 2.25. The molecular weight excluding hydrogens is 186 g/mol. The summed E-state index contributed by atoms with van der Waals surface area (Å²) in [7, 11) is 3.12. The Morgan fingerprint density at radius 1 is 1.69 bits per heavy atom. The van der Waals surface area contributed by atoms with E-state index in [4.69, 9.17) is 0 Å². The number of amides is 1. The third kappa shape index (κ3) is 2.45. The summed E-state index contributed by atoms with van der Waals surface area (Å²) < 4.78 is 4.59. The monoisotopic (exact) mass is 199 g/mol. The van der Waals surface area contributed by atoms with Crippen LogP contribution in [-0.4, -0.2) is 25.2 Å². The lowest BCUT2D eigenvalue weighted by atomic mass is 10.3. The molecule has 0 unspecified atom stereocenters. The fraction of sp³-hybridized carbons (Fsp3) is 0.444. The normalized spacial score (nSPS) is 9.77. The van der Waals surface area contributed by atoms with Crippen LogP contribution in [-0.2, 0) is 11.3 Å². The molecule has 0 saturated heterocycles. The topological polar surface area (TPSA) is 29.5 Å². The van der Waals surface area contributed by atoms with E-state index in [1.165, 1.54) is 17.6 Å². The highest BCUT2D eigenvalue weighted by atomic mass is 32.1. The van der Waals surface area contributed by atoms with Crippen LogP contribution in [0, 0.1) is 6.92 Å². The quantitative estimate of drug-likeness (QED) is 0.731. The molecule has 0 saturated carbocycles. The van der Waals surface area contributed by atoms with Gasteiger partial charge in [-0.3, -0.25) is 0 Å². The van der Waals surface area contributed by atoms with E-state index in [0.717, 1.165) is 0 Å². The van der Waals surface area contributed by atoms with Gasteiger partial charge in [-0.2, -0.15) is 0 Å². The molecule has 0 bridgehead atoms. The van der Waals surface area contributed by atoms with Crippen LogP contribution in [0.15, 0.2) is 11.4 Å². The number of aryl methyl sites for hydroxylation is 1. The van der Waals surface area contributed by atoms with E-state index in [2.05, 4.69) is 4.74 Å². The first kappa shape index (κ1) is 10.1. The Labute approximate surface area is 81.9 Å². The van der Waals surface area contributed by atoms with Crippen LogP contribution in [0.2, 0.25) is 0 Å². The van der Waals surface area contributed by atoms with Crippen molar-refractivity contribution in [3.05, 3.63) is 21.9 Å². The molecule has 0 aliphatic rings. The van der Waals surface area contributed by atoms with Crippen molar-refractivity contribution in [2.45, 2.75) is 13.5 Å². The Kier molecular flexibility index (Phi) is 3.31. The number of methoxy groups -OCH3 is 1. The van der Waals surface area contributed by atoms with Gasteiger partial charge in [0.1, 0.15) is 0 Å². The number of carbonyl (C=O) groups excluding carboxylic acids is 1. The lowest BCUT2D eigenvalue weighted by Crippen LogP contribution is -2.25. The molecule has 0 radical (unpaired) electrons. The van der Waals surface area contributed by atoms with E-state index in [1.54, 1.807) is 23.3 Å². The van der Waals surface area contributed by atoms with Gasteiger partial charge in [0.05, 0.1) is 13.7 Å². The molecule has 1 amide bonds. The second-order valence-corrected chi connectivity index (χ2v) is 3.85. The number of carbonyl (C=O) groups is 1. The molecule has 0 aliphatic heterocycles. The zero-order valence-electron chi connectivity index (χ0n) is 8.03. The van der Waals surface area contributed by atoms with Crippen LogP contribution in [0.4, 0.5) is 4.79 Å². The van der Waals surface area contributed by atoms with Crippen molar-refractivity contribution >= 4 is 17.4 Å². The third-order valence-corrected chi connectivity index (χ3v) is 2.84. The fourth-order valence-electron chi connectivity index (χ4n) is 1.00. The van der Waals surface area contributed by atoms with Crippen LogP contribution in [0.25, 0.3) is 0 Å². The van der Waals surface area contributed by atoms with Crippen molar-refractivity contribution in [2.75, 3.05) is 14.2 Å². The molecule has 1 heterocycles. The number of ether oxygens (including phenoxy) is 1. The minimum absolute atomic E-state index is 0.298.